The number of hydrogen-bond donors (Lipinski definition) is 2. The van der Waals surface area contributed by atoms with Crippen molar-refractivity contribution in [2.24, 2.45) is 0 Å². The molecule has 2 N–H and O–H groups in total. The topological polar surface area (TPSA) is 73.4 Å². The van der Waals surface area contributed by atoms with Crippen molar-refractivity contribution < 1.29 is 4.79 Å². The third kappa shape index (κ3) is 4.35. The fourth-order valence-corrected chi connectivity index (χ4v) is 4.13. The maximum Gasteiger partial charge on any atom is 0.319 e. The van der Waals surface area contributed by atoms with Crippen molar-refractivity contribution in [2.75, 3.05) is 41.3 Å². The number of urea groups is 1. The molecule has 148 valence electrons. The van der Waals surface area contributed by atoms with E-state index in [-0.39, 0.29) is 12.1 Å². The van der Waals surface area contributed by atoms with Crippen molar-refractivity contribution in [3.05, 3.63) is 41.6 Å². The molecule has 2 amide bonds. The summed E-state index contributed by atoms with van der Waals surface area (Å²) in [5, 5.41) is 14.5. The van der Waals surface area contributed by atoms with Crippen LogP contribution in [-0.4, -0.2) is 48.4 Å². The summed E-state index contributed by atoms with van der Waals surface area (Å²) in [6.45, 7) is 7.86. The summed E-state index contributed by atoms with van der Waals surface area (Å²) in [6.07, 6.45) is 5.22. The second-order valence-electron chi connectivity index (χ2n) is 7.87. The van der Waals surface area contributed by atoms with Crippen LogP contribution >= 0.6 is 0 Å². The van der Waals surface area contributed by atoms with E-state index in [1.165, 1.54) is 12.8 Å². The molecule has 0 saturated carbocycles. The van der Waals surface area contributed by atoms with Crippen molar-refractivity contribution in [1.82, 2.24) is 15.5 Å². The summed E-state index contributed by atoms with van der Waals surface area (Å²) >= 11 is 0. The summed E-state index contributed by atoms with van der Waals surface area (Å²) < 4.78 is 0. The molecule has 2 fully saturated rings. The predicted molar refractivity (Wildman–Crippen MR) is 112 cm³/mol. The molecule has 1 unspecified atom stereocenters. The number of hydrogen-bond acceptors (Lipinski definition) is 5. The predicted octanol–water partition coefficient (Wildman–Crippen LogP) is 3.09. The van der Waals surface area contributed by atoms with Crippen molar-refractivity contribution in [2.45, 2.75) is 39.2 Å². The van der Waals surface area contributed by atoms with Gasteiger partial charge in [-0.25, -0.2) is 4.79 Å². The van der Waals surface area contributed by atoms with Crippen LogP contribution in [0.15, 0.2) is 30.5 Å². The lowest BCUT2D eigenvalue weighted by molar-refractivity contribution is 0.249. The van der Waals surface area contributed by atoms with Crippen LogP contribution in [0.3, 0.4) is 0 Å². The molecule has 0 aliphatic carbocycles. The number of benzene rings is 1. The molecule has 3 heterocycles. The number of amides is 2. The third-order valence-corrected chi connectivity index (χ3v) is 5.43. The van der Waals surface area contributed by atoms with Gasteiger partial charge in [0.1, 0.15) is 0 Å². The van der Waals surface area contributed by atoms with Crippen molar-refractivity contribution >= 4 is 23.2 Å². The van der Waals surface area contributed by atoms with Gasteiger partial charge in [-0.3, -0.25) is 0 Å². The highest BCUT2D eigenvalue weighted by Crippen LogP contribution is 2.25. The smallest absolute Gasteiger partial charge is 0.319 e. The number of aryl methyl sites for hydroxylation is 2. The van der Waals surface area contributed by atoms with E-state index in [1.54, 1.807) is 0 Å². The Hall–Kier alpha value is -2.83. The third-order valence-electron chi connectivity index (χ3n) is 5.43. The monoisotopic (exact) mass is 380 g/mol. The number of carbonyl (C=O) groups excluding carboxylic acids is 1. The summed E-state index contributed by atoms with van der Waals surface area (Å²) in [5.41, 5.74) is 4.25. The quantitative estimate of drug-likeness (QED) is 0.853. The molecule has 0 radical (unpaired) electrons. The number of aromatic nitrogens is 2. The summed E-state index contributed by atoms with van der Waals surface area (Å²) in [7, 11) is 0. The lowest BCUT2D eigenvalue weighted by Crippen LogP contribution is -2.39. The Morgan fingerprint density at radius 1 is 1.04 bits per heavy atom. The highest BCUT2D eigenvalue weighted by molar-refractivity contribution is 5.89. The minimum Gasteiger partial charge on any atom is -0.370 e. The normalized spacial score (nSPS) is 19.1. The van der Waals surface area contributed by atoms with Gasteiger partial charge in [0.05, 0.1) is 11.9 Å². The van der Waals surface area contributed by atoms with Gasteiger partial charge in [0.2, 0.25) is 0 Å². The second kappa shape index (κ2) is 8.04. The van der Waals surface area contributed by atoms with Crippen LogP contribution in [0.4, 0.5) is 22.0 Å². The Balaban J connectivity index is 1.34. The van der Waals surface area contributed by atoms with Gasteiger partial charge >= 0.3 is 6.03 Å². The lowest BCUT2D eigenvalue weighted by atomic mass is 10.1. The van der Waals surface area contributed by atoms with Gasteiger partial charge < -0.3 is 20.4 Å². The molecule has 7 heteroatoms. The zero-order valence-corrected chi connectivity index (χ0v) is 16.6. The largest absolute Gasteiger partial charge is 0.370 e. The van der Waals surface area contributed by atoms with Crippen LogP contribution in [-0.2, 0) is 0 Å². The maximum absolute atomic E-state index is 12.4. The average molecular weight is 380 g/mol. The summed E-state index contributed by atoms with van der Waals surface area (Å²) in [4.78, 5) is 17.0. The molecule has 0 bridgehead atoms. The van der Waals surface area contributed by atoms with Crippen LogP contribution in [0.5, 0.6) is 0 Å². The molecule has 0 spiro atoms. The van der Waals surface area contributed by atoms with Gasteiger partial charge in [0.25, 0.3) is 0 Å². The van der Waals surface area contributed by atoms with Gasteiger partial charge in [-0.1, -0.05) is 6.07 Å². The Kier molecular flexibility index (Phi) is 5.32. The summed E-state index contributed by atoms with van der Waals surface area (Å²) in [6, 6.07) is 8.11. The number of rotatable bonds is 4. The molecule has 2 aliphatic heterocycles. The summed E-state index contributed by atoms with van der Waals surface area (Å²) in [5.74, 6) is 0.892. The SMILES string of the molecule is Cc1cc(C)cc(NC(=O)NC2CCN(c3cc(N4CCCC4)cnn3)C2)c1. The van der Waals surface area contributed by atoms with Gasteiger partial charge in [0.15, 0.2) is 5.82 Å². The molecule has 7 nitrogen and oxygen atoms in total. The van der Waals surface area contributed by atoms with E-state index < -0.39 is 0 Å². The van der Waals surface area contributed by atoms with Crippen LogP contribution in [0.25, 0.3) is 0 Å². The molecule has 2 saturated heterocycles. The number of anilines is 3. The van der Waals surface area contributed by atoms with E-state index in [0.717, 1.165) is 60.9 Å². The first-order chi connectivity index (χ1) is 13.6. The van der Waals surface area contributed by atoms with E-state index in [4.69, 9.17) is 0 Å². The van der Waals surface area contributed by atoms with Crippen LogP contribution in [0.1, 0.15) is 30.4 Å². The maximum atomic E-state index is 12.4. The van der Waals surface area contributed by atoms with Crippen molar-refractivity contribution in [3.8, 4) is 0 Å². The standard InChI is InChI=1S/C21H28N6O/c1-15-9-16(2)11-18(10-15)24-21(28)23-17-5-8-27(14-17)20-12-19(13-22-25-20)26-6-3-4-7-26/h9-13,17H,3-8,14H2,1-2H3,(H2,23,24,28). The van der Waals surface area contributed by atoms with Crippen molar-refractivity contribution in [1.29, 1.82) is 0 Å². The second-order valence-corrected chi connectivity index (χ2v) is 7.87. The van der Waals surface area contributed by atoms with E-state index in [9.17, 15) is 4.79 Å². The van der Waals surface area contributed by atoms with E-state index in [1.807, 2.05) is 32.2 Å². The molecule has 1 aromatic carbocycles. The van der Waals surface area contributed by atoms with Gasteiger partial charge in [0, 0.05) is 44.0 Å². The fourth-order valence-electron chi connectivity index (χ4n) is 4.13. The number of carbonyl (C=O) groups is 1. The number of nitrogens with zero attached hydrogens (tertiary/aromatic N) is 4. The van der Waals surface area contributed by atoms with E-state index >= 15 is 0 Å². The van der Waals surface area contributed by atoms with Crippen LogP contribution < -0.4 is 20.4 Å². The average Bonchev–Trinajstić information content (AvgIpc) is 3.33. The first-order valence-corrected chi connectivity index (χ1v) is 10.1. The first kappa shape index (κ1) is 18.5. The Labute approximate surface area is 166 Å². The molecule has 2 aliphatic rings. The minimum absolute atomic E-state index is 0.100. The molecule has 1 atom stereocenters. The highest BCUT2D eigenvalue weighted by atomic mass is 16.2. The molecule has 4 rings (SSSR count). The molecule has 1 aromatic heterocycles. The Bertz CT molecular complexity index is 828. The minimum atomic E-state index is -0.159. The first-order valence-electron chi connectivity index (χ1n) is 10.1. The number of nitrogens with one attached hydrogen (secondary N) is 2. The highest BCUT2D eigenvalue weighted by Gasteiger charge is 2.26. The molecular weight excluding hydrogens is 352 g/mol. The van der Waals surface area contributed by atoms with Gasteiger partial charge in [-0.15, -0.1) is 5.10 Å². The lowest BCUT2D eigenvalue weighted by Gasteiger charge is -2.21. The fraction of sp³-hybridized carbons (Fsp3) is 0.476. The van der Waals surface area contributed by atoms with Crippen LogP contribution in [0.2, 0.25) is 0 Å². The van der Waals surface area contributed by atoms with E-state index in [0.29, 0.717) is 0 Å². The Morgan fingerprint density at radius 3 is 2.54 bits per heavy atom. The van der Waals surface area contributed by atoms with E-state index in [2.05, 4.69) is 42.8 Å². The molecule has 28 heavy (non-hydrogen) atoms. The van der Waals surface area contributed by atoms with Gasteiger partial charge in [-0.05, 0) is 56.4 Å². The van der Waals surface area contributed by atoms with Crippen molar-refractivity contribution in [3.63, 3.8) is 0 Å². The Morgan fingerprint density at radius 2 is 1.79 bits per heavy atom. The zero-order chi connectivity index (χ0) is 19.5. The van der Waals surface area contributed by atoms with Gasteiger partial charge in [-0.2, -0.15) is 5.10 Å². The zero-order valence-electron chi connectivity index (χ0n) is 16.6. The molecular formula is C21H28N6O. The van der Waals surface area contributed by atoms with Crippen LogP contribution in [0, 0.1) is 13.8 Å². The molecule has 2 aromatic rings.